The molecule has 1 nitrogen and oxygen atoms in total. The molecular formula is C14H12OS2. The zero-order chi connectivity index (χ0) is 12.3. The molecule has 0 atom stereocenters. The number of ketones is 1. The average Bonchev–Trinajstić information content (AvgIpc) is 2.39. The number of rotatable bonds is 3. The highest BCUT2D eigenvalue weighted by Crippen LogP contribution is 2.17. The zero-order valence-corrected chi connectivity index (χ0v) is 11.1. The van der Waals surface area contributed by atoms with E-state index in [1.165, 1.54) is 0 Å². The third kappa shape index (κ3) is 2.93. The van der Waals surface area contributed by atoms with Gasteiger partial charge in [0.05, 0.1) is 0 Å². The van der Waals surface area contributed by atoms with E-state index in [1.807, 2.05) is 42.7 Å². The molecule has 0 aromatic heterocycles. The van der Waals surface area contributed by atoms with Gasteiger partial charge >= 0.3 is 0 Å². The highest BCUT2D eigenvalue weighted by molar-refractivity contribution is 7.98. The highest BCUT2D eigenvalue weighted by atomic mass is 32.2. The fraction of sp³-hybridized carbons (Fsp3) is 0.0714. The van der Waals surface area contributed by atoms with Crippen molar-refractivity contribution >= 4 is 30.2 Å². The first-order valence-corrected chi connectivity index (χ1v) is 6.85. The first-order chi connectivity index (χ1) is 8.20. The molecule has 2 rings (SSSR count). The predicted molar refractivity (Wildman–Crippen MR) is 75.3 cm³/mol. The van der Waals surface area contributed by atoms with Crippen molar-refractivity contribution in [2.75, 3.05) is 6.26 Å². The lowest BCUT2D eigenvalue weighted by molar-refractivity contribution is 0.103. The molecule has 2 aromatic carbocycles. The predicted octanol–water partition coefficient (Wildman–Crippen LogP) is 3.93. The molecule has 0 aliphatic heterocycles. The van der Waals surface area contributed by atoms with Crippen LogP contribution in [0.2, 0.25) is 0 Å². The van der Waals surface area contributed by atoms with E-state index in [1.54, 1.807) is 23.9 Å². The Labute approximate surface area is 111 Å². The van der Waals surface area contributed by atoms with Crippen LogP contribution < -0.4 is 0 Å². The van der Waals surface area contributed by atoms with Crippen LogP contribution in [0.3, 0.4) is 0 Å². The van der Waals surface area contributed by atoms with E-state index in [0.717, 1.165) is 15.4 Å². The molecule has 0 bridgehead atoms. The van der Waals surface area contributed by atoms with Crippen molar-refractivity contribution in [3.05, 3.63) is 59.7 Å². The Morgan fingerprint density at radius 1 is 0.941 bits per heavy atom. The summed E-state index contributed by atoms with van der Waals surface area (Å²) in [4.78, 5) is 14.1. The first kappa shape index (κ1) is 12.3. The number of thioether (sulfide) groups is 1. The smallest absolute Gasteiger partial charge is 0.193 e. The number of thiol groups is 1. The van der Waals surface area contributed by atoms with Gasteiger partial charge in [0.15, 0.2) is 5.78 Å². The van der Waals surface area contributed by atoms with Crippen molar-refractivity contribution in [3.63, 3.8) is 0 Å². The summed E-state index contributed by atoms with van der Waals surface area (Å²) in [5, 5.41) is 0. The lowest BCUT2D eigenvalue weighted by Gasteiger charge is -2.02. The molecule has 2 aromatic rings. The fourth-order valence-corrected chi connectivity index (χ4v) is 2.08. The van der Waals surface area contributed by atoms with E-state index in [-0.39, 0.29) is 5.78 Å². The SMILES string of the molecule is CSc1ccc(C(=O)c2ccc(S)cc2)cc1. The van der Waals surface area contributed by atoms with Gasteiger partial charge in [-0.3, -0.25) is 4.79 Å². The molecule has 0 amide bonds. The van der Waals surface area contributed by atoms with E-state index in [2.05, 4.69) is 12.6 Å². The first-order valence-electron chi connectivity index (χ1n) is 5.18. The standard InChI is InChI=1S/C14H12OS2/c1-17-13-8-4-11(5-9-13)14(15)10-2-6-12(16)7-3-10/h2-9,16H,1H3. The molecule has 0 spiro atoms. The molecule has 17 heavy (non-hydrogen) atoms. The third-order valence-corrected chi connectivity index (χ3v) is 3.52. The lowest BCUT2D eigenvalue weighted by atomic mass is 10.0. The minimum atomic E-state index is 0.0472. The Morgan fingerprint density at radius 3 is 1.88 bits per heavy atom. The molecule has 0 saturated carbocycles. The van der Waals surface area contributed by atoms with E-state index in [0.29, 0.717) is 5.56 Å². The van der Waals surface area contributed by atoms with Crippen LogP contribution in [-0.4, -0.2) is 12.0 Å². The minimum absolute atomic E-state index is 0.0472. The van der Waals surface area contributed by atoms with Gasteiger partial charge in [-0.2, -0.15) is 0 Å². The van der Waals surface area contributed by atoms with E-state index < -0.39 is 0 Å². The van der Waals surface area contributed by atoms with Gasteiger partial charge < -0.3 is 0 Å². The Kier molecular flexibility index (Phi) is 3.92. The van der Waals surface area contributed by atoms with E-state index in [4.69, 9.17) is 0 Å². The summed E-state index contributed by atoms with van der Waals surface area (Å²) in [6.45, 7) is 0. The third-order valence-electron chi connectivity index (χ3n) is 2.48. The Balaban J connectivity index is 2.27. The maximum Gasteiger partial charge on any atom is 0.193 e. The summed E-state index contributed by atoms with van der Waals surface area (Å²) >= 11 is 5.87. The number of carbonyl (C=O) groups excluding carboxylic acids is 1. The lowest BCUT2D eigenvalue weighted by Crippen LogP contribution is -2.00. The Hall–Kier alpha value is -1.19. The van der Waals surface area contributed by atoms with Crippen LogP contribution in [0.15, 0.2) is 58.3 Å². The van der Waals surface area contributed by atoms with Crippen molar-refractivity contribution in [1.29, 1.82) is 0 Å². The van der Waals surface area contributed by atoms with Crippen molar-refractivity contribution in [2.45, 2.75) is 9.79 Å². The molecule has 3 heteroatoms. The van der Waals surface area contributed by atoms with Crippen molar-refractivity contribution in [1.82, 2.24) is 0 Å². The molecule has 0 aliphatic carbocycles. The second-order valence-electron chi connectivity index (χ2n) is 3.60. The summed E-state index contributed by atoms with van der Waals surface area (Å²) in [6.07, 6.45) is 2.02. The van der Waals surface area contributed by atoms with Gasteiger partial charge in [0.2, 0.25) is 0 Å². The van der Waals surface area contributed by atoms with Gasteiger partial charge in [-0.25, -0.2) is 0 Å². The summed E-state index contributed by atoms with van der Waals surface area (Å²) in [5.41, 5.74) is 1.41. The van der Waals surface area contributed by atoms with E-state index in [9.17, 15) is 4.79 Å². The number of benzene rings is 2. The Bertz CT molecular complexity index is 515. The van der Waals surface area contributed by atoms with Crippen LogP contribution in [-0.2, 0) is 0 Å². The van der Waals surface area contributed by atoms with Gasteiger partial charge in [0.25, 0.3) is 0 Å². The molecule has 0 unspecified atom stereocenters. The monoisotopic (exact) mass is 260 g/mol. The molecular weight excluding hydrogens is 248 g/mol. The van der Waals surface area contributed by atoms with Crippen LogP contribution in [0, 0.1) is 0 Å². The van der Waals surface area contributed by atoms with Crippen molar-refractivity contribution < 1.29 is 4.79 Å². The molecule has 0 heterocycles. The quantitative estimate of drug-likeness (QED) is 0.511. The maximum absolute atomic E-state index is 12.1. The van der Waals surface area contributed by atoms with Gasteiger partial charge in [-0.15, -0.1) is 24.4 Å². The average molecular weight is 260 g/mol. The van der Waals surface area contributed by atoms with Crippen molar-refractivity contribution in [3.8, 4) is 0 Å². The Morgan fingerprint density at radius 2 is 1.41 bits per heavy atom. The van der Waals surface area contributed by atoms with Crippen LogP contribution in [0.4, 0.5) is 0 Å². The maximum atomic E-state index is 12.1. The molecule has 0 saturated heterocycles. The normalized spacial score (nSPS) is 10.2. The summed E-state index contributed by atoms with van der Waals surface area (Å²) in [6, 6.07) is 14.9. The number of carbonyl (C=O) groups is 1. The van der Waals surface area contributed by atoms with Crippen molar-refractivity contribution in [2.24, 2.45) is 0 Å². The largest absolute Gasteiger partial charge is 0.289 e. The molecule has 0 N–H and O–H groups in total. The highest BCUT2D eigenvalue weighted by Gasteiger charge is 2.08. The van der Waals surface area contributed by atoms with Crippen LogP contribution in [0.5, 0.6) is 0 Å². The number of hydrogen-bond donors (Lipinski definition) is 1. The van der Waals surface area contributed by atoms with Gasteiger partial charge in [-0.1, -0.05) is 0 Å². The topological polar surface area (TPSA) is 17.1 Å². The van der Waals surface area contributed by atoms with E-state index >= 15 is 0 Å². The molecule has 0 radical (unpaired) electrons. The zero-order valence-electron chi connectivity index (χ0n) is 9.38. The molecule has 0 aliphatic rings. The van der Waals surface area contributed by atoms with Crippen LogP contribution in [0.1, 0.15) is 15.9 Å². The van der Waals surface area contributed by atoms with Crippen LogP contribution in [0.25, 0.3) is 0 Å². The molecule has 0 fully saturated rings. The fourth-order valence-electron chi connectivity index (χ4n) is 1.52. The summed E-state index contributed by atoms with van der Waals surface area (Å²) in [5.74, 6) is 0.0472. The summed E-state index contributed by atoms with van der Waals surface area (Å²) in [7, 11) is 0. The second kappa shape index (κ2) is 5.43. The molecule has 86 valence electrons. The number of hydrogen-bond acceptors (Lipinski definition) is 3. The second-order valence-corrected chi connectivity index (χ2v) is 5.00. The summed E-state index contributed by atoms with van der Waals surface area (Å²) < 4.78 is 0. The minimum Gasteiger partial charge on any atom is -0.289 e. The van der Waals surface area contributed by atoms with Gasteiger partial charge in [0.1, 0.15) is 0 Å². The van der Waals surface area contributed by atoms with Gasteiger partial charge in [0, 0.05) is 20.9 Å². The van der Waals surface area contributed by atoms with Gasteiger partial charge in [-0.05, 0) is 54.8 Å². The van der Waals surface area contributed by atoms with Crippen LogP contribution >= 0.6 is 24.4 Å².